The van der Waals surface area contributed by atoms with E-state index in [9.17, 15) is 19.8 Å². The number of ketones is 1. The first-order chi connectivity index (χ1) is 16.1. The van der Waals surface area contributed by atoms with Crippen LogP contribution >= 0.6 is 0 Å². The van der Waals surface area contributed by atoms with Gasteiger partial charge in [0, 0.05) is 28.4 Å². The van der Waals surface area contributed by atoms with Crippen LogP contribution in [0.5, 0.6) is 11.5 Å². The number of nitrogens with zero attached hydrogens (tertiary/aromatic N) is 1. The maximum Gasteiger partial charge on any atom is 0.258 e. The summed E-state index contributed by atoms with van der Waals surface area (Å²) in [4.78, 5) is 27.3. The van der Waals surface area contributed by atoms with Crippen molar-refractivity contribution in [2.45, 2.75) is 45.4 Å². The average Bonchev–Trinajstić information content (AvgIpc) is 3.40. The third kappa shape index (κ3) is 3.42. The summed E-state index contributed by atoms with van der Waals surface area (Å²) in [6.07, 6.45) is 3.60. The molecule has 1 aromatic heterocycles. The third-order valence-corrected chi connectivity index (χ3v) is 6.51. The zero-order chi connectivity index (χ0) is 23.1. The van der Waals surface area contributed by atoms with E-state index >= 15 is 0 Å². The highest BCUT2D eigenvalue weighted by molar-refractivity contribution is 6.27. The summed E-state index contributed by atoms with van der Waals surface area (Å²) in [5, 5.41) is 20.4. The van der Waals surface area contributed by atoms with Gasteiger partial charge < -0.3 is 30.0 Å². The predicted octanol–water partition coefficient (Wildman–Crippen LogP) is 2.45. The van der Waals surface area contributed by atoms with E-state index < -0.39 is 0 Å². The lowest BCUT2D eigenvalue weighted by molar-refractivity contribution is 0.104. The van der Waals surface area contributed by atoms with Gasteiger partial charge >= 0.3 is 0 Å². The Balaban J connectivity index is 1.75. The van der Waals surface area contributed by atoms with Crippen LogP contribution < -0.4 is 20.8 Å². The largest absolute Gasteiger partial charge is 0.454 e. The van der Waals surface area contributed by atoms with Crippen LogP contribution in [0, 0.1) is 0 Å². The fourth-order valence-corrected chi connectivity index (χ4v) is 4.83. The Labute approximate surface area is 190 Å². The van der Waals surface area contributed by atoms with Crippen molar-refractivity contribution < 1.29 is 24.5 Å². The number of benzene rings is 2. The Kier molecular flexibility index (Phi) is 5.65. The van der Waals surface area contributed by atoms with Crippen molar-refractivity contribution in [2.24, 2.45) is 5.73 Å². The van der Waals surface area contributed by atoms with Crippen molar-refractivity contribution in [3.05, 3.63) is 56.9 Å². The number of carbonyl (C=O) groups is 1. The van der Waals surface area contributed by atoms with Crippen LogP contribution in [-0.2, 0) is 19.8 Å². The van der Waals surface area contributed by atoms with Crippen molar-refractivity contribution in [1.29, 1.82) is 0 Å². The van der Waals surface area contributed by atoms with Crippen LogP contribution in [0.4, 0.5) is 0 Å². The van der Waals surface area contributed by atoms with E-state index in [4.69, 9.17) is 15.2 Å². The third-order valence-electron chi connectivity index (χ3n) is 6.51. The van der Waals surface area contributed by atoms with Crippen molar-refractivity contribution in [2.75, 3.05) is 13.3 Å². The number of aromatic nitrogens is 1. The minimum atomic E-state index is -0.309. The summed E-state index contributed by atoms with van der Waals surface area (Å²) in [7, 11) is 0. The molecule has 0 saturated heterocycles. The van der Waals surface area contributed by atoms with Crippen molar-refractivity contribution in [3.8, 4) is 22.8 Å². The first kappa shape index (κ1) is 21.6. The van der Waals surface area contributed by atoms with Gasteiger partial charge in [-0.15, -0.1) is 0 Å². The second kappa shape index (κ2) is 8.62. The van der Waals surface area contributed by atoms with E-state index in [0.717, 1.165) is 25.7 Å². The van der Waals surface area contributed by atoms with Crippen molar-refractivity contribution in [1.82, 2.24) is 4.57 Å². The highest BCUT2D eigenvalue weighted by atomic mass is 16.7. The van der Waals surface area contributed by atoms with Crippen LogP contribution in [0.2, 0.25) is 0 Å². The van der Waals surface area contributed by atoms with E-state index in [1.807, 2.05) is 0 Å². The number of hydrogen-bond acceptors (Lipinski definition) is 7. The number of unbranched alkanes of at least 4 members (excludes halogenated alkanes) is 3. The number of rotatable bonds is 8. The van der Waals surface area contributed by atoms with Gasteiger partial charge in [-0.1, -0.05) is 12.8 Å². The Morgan fingerprint density at radius 1 is 0.848 bits per heavy atom. The van der Waals surface area contributed by atoms with Gasteiger partial charge in [0.25, 0.3) is 5.56 Å². The quantitative estimate of drug-likeness (QED) is 0.352. The molecule has 172 valence electrons. The van der Waals surface area contributed by atoms with E-state index in [1.54, 1.807) is 28.8 Å². The molecule has 8 heteroatoms. The summed E-state index contributed by atoms with van der Waals surface area (Å²) < 4.78 is 12.7. The molecule has 1 aliphatic carbocycles. The Hall–Kier alpha value is -3.20. The number of hydrogen-bond donors (Lipinski definition) is 3. The van der Waals surface area contributed by atoms with Crippen molar-refractivity contribution in [3.63, 3.8) is 0 Å². The summed E-state index contributed by atoms with van der Waals surface area (Å²) in [5.41, 5.74) is 8.46. The molecule has 2 aromatic carbocycles. The number of fused-ring (bicyclic) bond motifs is 6. The molecule has 0 saturated carbocycles. The van der Waals surface area contributed by atoms with Gasteiger partial charge in [-0.2, -0.15) is 0 Å². The Bertz CT molecular complexity index is 1330. The smallest absolute Gasteiger partial charge is 0.258 e. The number of carbonyl (C=O) groups excluding carboxylic acids is 1. The lowest BCUT2D eigenvalue weighted by atomic mass is 9.97. The molecule has 0 radical (unpaired) electrons. The number of pyridine rings is 1. The minimum Gasteiger partial charge on any atom is -0.454 e. The minimum absolute atomic E-state index is 0.0920. The highest BCUT2D eigenvalue weighted by Crippen LogP contribution is 2.46. The number of nitrogens with two attached hydrogens (primary N) is 1. The normalized spacial score (nSPS) is 13.6. The Morgan fingerprint density at radius 3 is 2.15 bits per heavy atom. The van der Waals surface area contributed by atoms with Crippen LogP contribution in [0.1, 0.15) is 52.7 Å². The van der Waals surface area contributed by atoms with Gasteiger partial charge in [0.15, 0.2) is 17.3 Å². The van der Waals surface area contributed by atoms with Gasteiger partial charge in [0.1, 0.15) is 0 Å². The van der Waals surface area contributed by atoms with Gasteiger partial charge in [0.2, 0.25) is 6.79 Å². The second-order valence-electron chi connectivity index (χ2n) is 8.45. The van der Waals surface area contributed by atoms with Gasteiger partial charge in [-0.3, -0.25) is 9.59 Å². The molecule has 0 unspecified atom stereocenters. The fraction of sp³-hybridized carbons (Fsp3) is 0.360. The van der Waals surface area contributed by atoms with Crippen LogP contribution in [0.3, 0.4) is 0 Å². The average molecular weight is 450 g/mol. The molecule has 3 aromatic rings. The SMILES string of the molecule is NCCCCCCn1c2c(c3cc(CO)c(CO)cc3c1=O)C(=O)c1cc3c(cc1-2)OCO3. The molecular formula is C25H26N2O6. The van der Waals surface area contributed by atoms with Gasteiger partial charge in [-0.25, -0.2) is 0 Å². The standard InChI is InChI=1S/C25H26N2O6/c26-5-3-1-2-4-6-27-23-17-9-20-21(33-13-32-20)10-18(17)24(30)22(23)16-7-14(11-28)15(12-29)8-19(16)25(27)31/h7-10,28-29H,1-6,11-13,26H2. The predicted molar refractivity (Wildman–Crippen MR) is 123 cm³/mol. The molecule has 0 bridgehead atoms. The topological polar surface area (TPSA) is 124 Å². The van der Waals surface area contributed by atoms with Crippen LogP contribution in [0.25, 0.3) is 22.0 Å². The molecule has 0 spiro atoms. The Morgan fingerprint density at radius 2 is 1.48 bits per heavy atom. The van der Waals surface area contributed by atoms with E-state index in [1.165, 1.54) is 0 Å². The summed E-state index contributed by atoms with van der Waals surface area (Å²) in [6, 6.07) is 6.69. The number of ether oxygens (including phenoxy) is 2. The maximum atomic E-state index is 13.7. The fourth-order valence-electron chi connectivity index (χ4n) is 4.83. The van der Waals surface area contributed by atoms with E-state index in [0.29, 0.717) is 68.9 Å². The second-order valence-corrected chi connectivity index (χ2v) is 8.45. The number of aliphatic hydroxyl groups excluding tert-OH is 2. The summed E-state index contributed by atoms with van der Waals surface area (Å²) >= 11 is 0. The van der Waals surface area contributed by atoms with Crippen LogP contribution in [0.15, 0.2) is 29.1 Å². The molecule has 2 aliphatic rings. The zero-order valence-corrected chi connectivity index (χ0v) is 18.2. The molecule has 0 fully saturated rings. The summed E-state index contributed by atoms with van der Waals surface area (Å²) in [6.45, 7) is 0.574. The lowest BCUT2D eigenvalue weighted by Gasteiger charge is -2.17. The molecule has 33 heavy (non-hydrogen) atoms. The van der Waals surface area contributed by atoms with Gasteiger partial charge in [-0.05, 0) is 54.8 Å². The number of aliphatic hydroxyl groups is 2. The molecule has 1 aliphatic heterocycles. The molecule has 0 amide bonds. The molecule has 8 nitrogen and oxygen atoms in total. The lowest BCUT2D eigenvalue weighted by Crippen LogP contribution is -2.24. The molecule has 2 heterocycles. The molecule has 4 N–H and O–H groups in total. The van der Waals surface area contributed by atoms with Crippen molar-refractivity contribution >= 4 is 16.6 Å². The molecule has 5 rings (SSSR count). The monoisotopic (exact) mass is 450 g/mol. The first-order valence-corrected chi connectivity index (χ1v) is 11.2. The molecular weight excluding hydrogens is 424 g/mol. The van der Waals surface area contributed by atoms with E-state index in [-0.39, 0.29) is 31.3 Å². The highest BCUT2D eigenvalue weighted by Gasteiger charge is 2.35. The zero-order valence-electron chi connectivity index (χ0n) is 18.2. The maximum absolute atomic E-state index is 13.7. The molecule has 0 atom stereocenters. The summed E-state index contributed by atoms with van der Waals surface area (Å²) in [5.74, 6) is 0.859. The van der Waals surface area contributed by atoms with Gasteiger partial charge in [0.05, 0.1) is 24.5 Å². The van der Waals surface area contributed by atoms with Crippen LogP contribution in [-0.4, -0.2) is 33.9 Å². The first-order valence-electron chi connectivity index (χ1n) is 11.2. The van der Waals surface area contributed by atoms with E-state index in [2.05, 4.69) is 0 Å².